The van der Waals surface area contributed by atoms with Gasteiger partial charge < -0.3 is 4.90 Å². The predicted molar refractivity (Wildman–Crippen MR) is 107 cm³/mol. The lowest BCUT2D eigenvalue weighted by Crippen LogP contribution is -2.38. The number of amides is 1. The molecule has 5 rings (SSSR count). The number of rotatable bonds is 3. The van der Waals surface area contributed by atoms with E-state index >= 15 is 0 Å². The Morgan fingerprint density at radius 1 is 1.04 bits per heavy atom. The zero-order valence-corrected chi connectivity index (χ0v) is 16.0. The van der Waals surface area contributed by atoms with Crippen LogP contribution in [-0.2, 0) is 13.0 Å². The molecule has 144 valence electrons. The van der Waals surface area contributed by atoms with Gasteiger partial charge in [-0.15, -0.1) is 0 Å². The van der Waals surface area contributed by atoms with E-state index in [4.69, 9.17) is 0 Å². The molecular weight excluding hydrogens is 350 g/mol. The van der Waals surface area contributed by atoms with Crippen LogP contribution in [0, 0.1) is 0 Å². The first-order valence-corrected chi connectivity index (χ1v) is 10.2. The number of carbonyl (C=O) groups is 1. The van der Waals surface area contributed by atoms with Crippen LogP contribution in [0.1, 0.15) is 53.3 Å². The molecule has 28 heavy (non-hydrogen) atoms. The minimum absolute atomic E-state index is 0.148. The van der Waals surface area contributed by atoms with Crippen molar-refractivity contribution in [2.24, 2.45) is 0 Å². The number of hydrogen-bond acceptors (Lipinski definition) is 3. The number of aromatic amines is 1. The number of hydrogen-bond donors (Lipinski definition) is 1. The Hall–Kier alpha value is -2.89. The molecule has 2 aliphatic rings. The SMILES string of the molecule is O=C(c1cnn2c1CCCC2)N1CCC(c2[nH]ncc2-c2ccccc2)CC1. The second-order valence-corrected chi connectivity index (χ2v) is 7.82. The van der Waals surface area contributed by atoms with Crippen molar-refractivity contribution >= 4 is 5.91 Å². The zero-order valence-electron chi connectivity index (χ0n) is 16.0. The van der Waals surface area contributed by atoms with Gasteiger partial charge in [0.2, 0.25) is 0 Å². The predicted octanol–water partition coefficient (Wildman–Crippen LogP) is 3.63. The molecule has 4 heterocycles. The summed E-state index contributed by atoms with van der Waals surface area (Å²) in [5.41, 5.74) is 5.50. The number of fused-ring (bicyclic) bond motifs is 1. The number of likely N-dealkylation sites (tertiary alicyclic amines) is 1. The van der Waals surface area contributed by atoms with Crippen molar-refractivity contribution in [3.05, 3.63) is 59.7 Å². The first-order valence-electron chi connectivity index (χ1n) is 10.2. The molecule has 1 N–H and O–H groups in total. The maximum absolute atomic E-state index is 13.1. The Kier molecular flexibility index (Phi) is 4.47. The molecule has 0 saturated carbocycles. The number of piperidine rings is 1. The molecule has 3 aromatic rings. The molecular formula is C22H25N5O. The van der Waals surface area contributed by atoms with E-state index < -0.39 is 0 Å². The number of aromatic nitrogens is 4. The fourth-order valence-corrected chi connectivity index (χ4v) is 4.60. The fourth-order valence-electron chi connectivity index (χ4n) is 4.60. The molecule has 0 aliphatic carbocycles. The molecule has 2 aromatic heterocycles. The maximum atomic E-state index is 13.1. The number of nitrogens with one attached hydrogen (secondary N) is 1. The average Bonchev–Trinajstić information content (AvgIpc) is 3.41. The monoisotopic (exact) mass is 375 g/mol. The second kappa shape index (κ2) is 7.26. The van der Waals surface area contributed by atoms with E-state index in [2.05, 4.69) is 39.6 Å². The van der Waals surface area contributed by atoms with Gasteiger partial charge >= 0.3 is 0 Å². The maximum Gasteiger partial charge on any atom is 0.257 e. The highest BCUT2D eigenvalue weighted by atomic mass is 16.2. The van der Waals surface area contributed by atoms with E-state index in [9.17, 15) is 4.79 Å². The van der Waals surface area contributed by atoms with Crippen LogP contribution in [0.15, 0.2) is 42.7 Å². The molecule has 0 unspecified atom stereocenters. The molecule has 6 nitrogen and oxygen atoms in total. The van der Waals surface area contributed by atoms with Crippen LogP contribution in [0.5, 0.6) is 0 Å². The van der Waals surface area contributed by atoms with Crippen LogP contribution in [0.4, 0.5) is 0 Å². The molecule has 2 aliphatic heterocycles. The van der Waals surface area contributed by atoms with Gasteiger partial charge in [0.1, 0.15) is 0 Å². The Bertz CT molecular complexity index is 966. The van der Waals surface area contributed by atoms with Gasteiger partial charge in [-0.1, -0.05) is 30.3 Å². The van der Waals surface area contributed by atoms with Crippen LogP contribution in [0.25, 0.3) is 11.1 Å². The van der Waals surface area contributed by atoms with Crippen molar-refractivity contribution in [2.75, 3.05) is 13.1 Å². The Labute approximate surface area is 164 Å². The summed E-state index contributed by atoms with van der Waals surface area (Å²) < 4.78 is 2.01. The number of carbonyl (C=O) groups excluding carboxylic acids is 1. The van der Waals surface area contributed by atoms with Crippen molar-refractivity contribution in [2.45, 2.75) is 44.6 Å². The van der Waals surface area contributed by atoms with Gasteiger partial charge in [-0.3, -0.25) is 14.6 Å². The van der Waals surface area contributed by atoms with Crippen molar-refractivity contribution in [3.8, 4) is 11.1 Å². The standard InChI is InChI=1S/C22H25N5O/c28-22(19-15-24-27-11-5-4-8-20(19)27)26-12-9-17(10-13-26)21-18(14-23-25-21)16-6-2-1-3-7-16/h1-3,6-7,14-15,17H,4-5,8-13H2,(H,23,25). The Balaban J connectivity index is 1.29. The smallest absolute Gasteiger partial charge is 0.257 e. The first kappa shape index (κ1) is 17.2. The number of nitrogens with zero attached hydrogens (tertiary/aromatic N) is 4. The summed E-state index contributed by atoms with van der Waals surface area (Å²) in [7, 11) is 0. The molecule has 6 heteroatoms. The molecule has 1 amide bonds. The second-order valence-electron chi connectivity index (χ2n) is 7.82. The lowest BCUT2D eigenvalue weighted by Gasteiger charge is -2.32. The zero-order chi connectivity index (χ0) is 18.9. The van der Waals surface area contributed by atoms with Gasteiger partial charge in [-0.2, -0.15) is 10.2 Å². The van der Waals surface area contributed by atoms with Crippen LogP contribution in [0.2, 0.25) is 0 Å². The number of benzene rings is 1. The van der Waals surface area contributed by atoms with Crippen LogP contribution in [-0.4, -0.2) is 43.9 Å². The minimum atomic E-state index is 0.148. The molecule has 0 bridgehead atoms. The van der Waals surface area contributed by atoms with E-state index in [-0.39, 0.29) is 5.91 Å². The van der Waals surface area contributed by atoms with Crippen molar-refractivity contribution in [3.63, 3.8) is 0 Å². The molecule has 1 saturated heterocycles. The molecule has 0 atom stereocenters. The van der Waals surface area contributed by atoms with Gasteiger partial charge in [-0.25, -0.2) is 0 Å². The lowest BCUT2D eigenvalue weighted by atomic mass is 9.89. The topological polar surface area (TPSA) is 66.8 Å². The summed E-state index contributed by atoms with van der Waals surface area (Å²) >= 11 is 0. The molecule has 1 fully saturated rings. The van der Waals surface area contributed by atoms with E-state index in [1.807, 2.05) is 21.8 Å². The molecule has 0 radical (unpaired) electrons. The van der Waals surface area contributed by atoms with Gasteiger partial charge in [0.15, 0.2) is 0 Å². The van der Waals surface area contributed by atoms with Gasteiger partial charge in [0.25, 0.3) is 5.91 Å². The van der Waals surface area contributed by atoms with Crippen LogP contribution in [0.3, 0.4) is 0 Å². The third-order valence-electron chi connectivity index (χ3n) is 6.16. The van der Waals surface area contributed by atoms with Crippen LogP contribution < -0.4 is 0 Å². The van der Waals surface area contributed by atoms with Crippen molar-refractivity contribution in [1.82, 2.24) is 24.9 Å². The highest BCUT2D eigenvalue weighted by molar-refractivity contribution is 5.95. The first-order chi connectivity index (χ1) is 13.8. The third kappa shape index (κ3) is 3.03. The summed E-state index contributed by atoms with van der Waals surface area (Å²) in [4.78, 5) is 15.1. The van der Waals surface area contributed by atoms with E-state index in [1.54, 1.807) is 6.20 Å². The van der Waals surface area contributed by atoms with Gasteiger partial charge in [-0.05, 0) is 37.7 Å². The van der Waals surface area contributed by atoms with E-state index in [1.165, 1.54) is 16.8 Å². The summed E-state index contributed by atoms with van der Waals surface area (Å²) in [6, 6.07) is 10.4. The van der Waals surface area contributed by atoms with Gasteiger partial charge in [0, 0.05) is 36.8 Å². The third-order valence-corrected chi connectivity index (χ3v) is 6.16. The summed E-state index contributed by atoms with van der Waals surface area (Å²) in [6.45, 7) is 2.50. The summed E-state index contributed by atoms with van der Waals surface area (Å²) in [5.74, 6) is 0.553. The fraction of sp³-hybridized carbons (Fsp3) is 0.409. The number of H-pyrrole nitrogens is 1. The average molecular weight is 375 g/mol. The van der Waals surface area contributed by atoms with Crippen molar-refractivity contribution < 1.29 is 4.79 Å². The highest BCUT2D eigenvalue weighted by Gasteiger charge is 2.29. The van der Waals surface area contributed by atoms with Crippen molar-refractivity contribution in [1.29, 1.82) is 0 Å². The summed E-state index contributed by atoms with van der Waals surface area (Å²) in [6.07, 6.45) is 8.87. The van der Waals surface area contributed by atoms with Gasteiger partial charge in [0.05, 0.1) is 23.7 Å². The highest BCUT2D eigenvalue weighted by Crippen LogP contribution is 2.34. The van der Waals surface area contributed by atoms with Crippen LogP contribution >= 0.6 is 0 Å². The summed E-state index contributed by atoms with van der Waals surface area (Å²) in [5, 5.41) is 11.9. The Morgan fingerprint density at radius 3 is 2.68 bits per heavy atom. The van der Waals surface area contributed by atoms with E-state index in [0.29, 0.717) is 5.92 Å². The molecule has 0 spiro atoms. The Morgan fingerprint density at radius 2 is 1.86 bits per heavy atom. The van der Waals surface area contributed by atoms with E-state index in [0.717, 1.165) is 63.0 Å². The lowest BCUT2D eigenvalue weighted by molar-refractivity contribution is 0.0710. The number of aryl methyl sites for hydroxylation is 1. The largest absolute Gasteiger partial charge is 0.338 e. The molecule has 1 aromatic carbocycles. The minimum Gasteiger partial charge on any atom is -0.338 e. The normalized spacial score (nSPS) is 17.5. The quantitative estimate of drug-likeness (QED) is 0.760.